The van der Waals surface area contributed by atoms with Gasteiger partial charge in [0, 0.05) is 6.04 Å². The van der Waals surface area contributed by atoms with Crippen LogP contribution < -0.4 is 10.1 Å². The number of ether oxygens (including phenoxy) is 1. The first-order chi connectivity index (χ1) is 9.33. The minimum atomic E-state index is 0.319. The lowest BCUT2D eigenvalue weighted by Gasteiger charge is -2.21. The molecule has 1 aromatic heterocycles. The minimum absolute atomic E-state index is 0.319. The normalized spacial score (nSPS) is 19.7. The molecule has 104 valence electrons. The first kappa shape index (κ1) is 14.2. The van der Waals surface area contributed by atoms with Crippen molar-refractivity contribution in [2.24, 2.45) is 0 Å². The standard InChI is InChI=1S/C14H21N3OS/c1-3-4-5-6-10-18-14-13(16-19-17-14)12-8-7-9-15-11(12)2/h4-5,8,11,15H,3,6-7,9-10H2,1-2H3/b5-4-. The van der Waals surface area contributed by atoms with Crippen LogP contribution in [0.3, 0.4) is 0 Å². The van der Waals surface area contributed by atoms with Crippen LogP contribution in [0.15, 0.2) is 18.2 Å². The van der Waals surface area contributed by atoms with Gasteiger partial charge < -0.3 is 10.1 Å². The lowest BCUT2D eigenvalue weighted by molar-refractivity contribution is 0.313. The minimum Gasteiger partial charge on any atom is -0.475 e. The molecule has 2 heterocycles. The second kappa shape index (κ2) is 7.40. The molecule has 4 nitrogen and oxygen atoms in total. The summed E-state index contributed by atoms with van der Waals surface area (Å²) in [5, 5.41) is 3.43. The van der Waals surface area contributed by atoms with E-state index in [0.29, 0.717) is 18.5 Å². The van der Waals surface area contributed by atoms with Gasteiger partial charge in [0.05, 0.1) is 18.3 Å². The molecule has 5 heteroatoms. The smallest absolute Gasteiger partial charge is 0.253 e. The first-order valence-corrected chi connectivity index (χ1v) is 7.60. The zero-order valence-electron chi connectivity index (χ0n) is 11.6. The molecule has 0 saturated heterocycles. The van der Waals surface area contributed by atoms with Gasteiger partial charge in [0.1, 0.15) is 5.69 Å². The molecule has 0 aromatic carbocycles. The van der Waals surface area contributed by atoms with Gasteiger partial charge in [-0.2, -0.15) is 4.37 Å². The third-order valence-corrected chi connectivity index (χ3v) is 3.59. The summed E-state index contributed by atoms with van der Waals surface area (Å²) in [5.41, 5.74) is 2.11. The number of nitrogens with one attached hydrogen (secondary N) is 1. The highest BCUT2D eigenvalue weighted by atomic mass is 32.1. The third-order valence-electron chi connectivity index (χ3n) is 3.08. The summed E-state index contributed by atoms with van der Waals surface area (Å²) in [4.78, 5) is 0. The van der Waals surface area contributed by atoms with Crippen LogP contribution in [0.1, 0.15) is 38.8 Å². The van der Waals surface area contributed by atoms with Gasteiger partial charge in [0.2, 0.25) is 0 Å². The zero-order valence-corrected chi connectivity index (χ0v) is 12.4. The van der Waals surface area contributed by atoms with Crippen molar-refractivity contribution in [1.82, 2.24) is 14.1 Å². The molecule has 0 radical (unpaired) electrons. The van der Waals surface area contributed by atoms with Gasteiger partial charge in [-0.3, -0.25) is 0 Å². The predicted molar refractivity (Wildman–Crippen MR) is 79.5 cm³/mol. The lowest BCUT2D eigenvalue weighted by atomic mass is 10.0. The monoisotopic (exact) mass is 279 g/mol. The molecule has 0 fully saturated rings. The fourth-order valence-corrected chi connectivity index (χ4v) is 2.59. The lowest BCUT2D eigenvalue weighted by Crippen LogP contribution is -2.31. The molecule has 1 unspecified atom stereocenters. The maximum absolute atomic E-state index is 5.74. The fourth-order valence-electron chi connectivity index (χ4n) is 2.08. The summed E-state index contributed by atoms with van der Waals surface area (Å²) < 4.78 is 14.4. The topological polar surface area (TPSA) is 47.0 Å². The van der Waals surface area contributed by atoms with Crippen LogP contribution in [0, 0.1) is 0 Å². The third kappa shape index (κ3) is 3.88. The molecule has 1 aliphatic heterocycles. The van der Waals surface area contributed by atoms with Crippen LogP contribution in [0.4, 0.5) is 0 Å². The van der Waals surface area contributed by atoms with E-state index < -0.39 is 0 Å². The van der Waals surface area contributed by atoms with Gasteiger partial charge in [0.15, 0.2) is 0 Å². The van der Waals surface area contributed by atoms with Crippen LogP contribution in [0.5, 0.6) is 5.88 Å². The molecule has 19 heavy (non-hydrogen) atoms. The van der Waals surface area contributed by atoms with Crippen LogP contribution in [0.2, 0.25) is 0 Å². The summed E-state index contributed by atoms with van der Waals surface area (Å²) in [5.74, 6) is 0.677. The molecule has 0 spiro atoms. The Morgan fingerprint density at radius 2 is 2.37 bits per heavy atom. The highest BCUT2D eigenvalue weighted by Gasteiger charge is 2.21. The van der Waals surface area contributed by atoms with E-state index in [4.69, 9.17) is 4.74 Å². The SMILES string of the molecule is CC/C=C\CCOc1nsnc1C1=CCCNC1C. The Morgan fingerprint density at radius 1 is 1.47 bits per heavy atom. The second-order valence-electron chi connectivity index (χ2n) is 4.56. The van der Waals surface area contributed by atoms with E-state index in [1.165, 1.54) is 17.3 Å². The number of rotatable bonds is 6. The molecular formula is C14H21N3OS. The van der Waals surface area contributed by atoms with Gasteiger partial charge in [-0.05, 0) is 38.3 Å². The second-order valence-corrected chi connectivity index (χ2v) is 5.09. The Morgan fingerprint density at radius 3 is 3.16 bits per heavy atom. The molecule has 0 saturated carbocycles. The van der Waals surface area contributed by atoms with Crippen LogP contribution >= 0.6 is 11.7 Å². The largest absolute Gasteiger partial charge is 0.475 e. The van der Waals surface area contributed by atoms with Crippen molar-refractivity contribution in [2.75, 3.05) is 13.2 Å². The van der Waals surface area contributed by atoms with Crippen molar-refractivity contribution in [3.63, 3.8) is 0 Å². The van der Waals surface area contributed by atoms with Crippen molar-refractivity contribution >= 4 is 17.3 Å². The number of hydrogen-bond acceptors (Lipinski definition) is 5. The maximum atomic E-state index is 5.74. The number of nitrogens with zero attached hydrogens (tertiary/aromatic N) is 2. The van der Waals surface area contributed by atoms with Crippen molar-refractivity contribution in [3.05, 3.63) is 23.9 Å². The Balaban J connectivity index is 1.97. The molecule has 0 aliphatic carbocycles. The van der Waals surface area contributed by atoms with E-state index in [1.54, 1.807) is 0 Å². The van der Waals surface area contributed by atoms with Gasteiger partial charge in [0.25, 0.3) is 5.88 Å². The van der Waals surface area contributed by atoms with E-state index in [0.717, 1.165) is 31.5 Å². The molecule has 1 N–H and O–H groups in total. The maximum Gasteiger partial charge on any atom is 0.253 e. The molecule has 1 atom stereocenters. The van der Waals surface area contributed by atoms with Gasteiger partial charge >= 0.3 is 0 Å². The highest BCUT2D eigenvalue weighted by molar-refractivity contribution is 6.99. The molecule has 1 aromatic rings. The van der Waals surface area contributed by atoms with Gasteiger partial charge in [-0.15, -0.1) is 4.37 Å². The summed E-state index contributed by atoms with van der Waals surface area (Å²) >= 11 is 1.22. The Labute approximate surface area is 118 Å². The zero-order chi connectivity index (χ0) is 13.5. The summed E-state index contributed by atoms with van der Waals surface area (Å²) in [6, 6.07) is 0.319. The highest BCUT2D eigenvalue weighted by Crippen LogP contribution is 2.28. The Bertz CT molecular complexity index is 453. The van der Waals surface area contributed by atoms with E-state index in [-0.39, 0.29) is 0 Å². The van der Waals surface area contributed by atoms with Crippen LogP contribution in [0.25, 0.3) is 5.57 Å². The average Bonchev–Trinajstić information content (AvgIpc) is 2.87. The van der Waals surface area contributed by atoms with Gasteiger partial charge in [-0.25, -0.2) is 0 Å². The van der Waals surface area contributed by atoms with E-state index >= 15 is 0 Å². The molecule has 1 aliphatic rings. The van der Waals surface area contributed by atoms with Crippen molar-refractivity contribution < 1.29 is 4.74 Å². The number of allylic oxidation sites excluding steroid dienone is 1. The molecular weight excluding hydrogens is 258 g/mol. The Hall–Kier alpha value is -1.20. The summed E-state index contributed by atoms with van der Waals surface area (Å²) in [7, 11) is 0. The van der Waals surface area contributed by atoms with Crippen molar-refractivity contribution in [2.45, 2.75) is 39.2 Å². The van der Waals surface area contributed by atoms with Crippen molar-refractivity contribution in [3.8, 4) is 5.88 Å². The first-order valence-electron chi connectivity index (χ1n) is 6.87. The average molecular weight is 279 g/mol. The predicted octanol–water partition coefficient (Wildman–Crippen LogP) is 3.04. The number of hydrogen-bond donors (Lipinski definition) is 1. The van der Waals surface area contributed by atoms with E-state index in [2.05, 4.69) is 46.1 Å². The Kier molecular flexibility index (Phi) is 5.54. The quantitative estimate of drug-likeness (QED) is 0.642. The van der Waals surface area contributed by atoms with Crippen LogP contribution in [-0.2, 0) is 0 Å². The number of aromatic nitrogens is 2. The van der Waals surface area contributed by atoms with E-state index in [1.807, 2.05) is 0 Å². The molecule has 2 rings (SSSR count). The van der Waals surface area contributed by atoms with E-state index in [9.17, 15) is 0 Å². The van der Waals surface area contributed by atoms with Crippen LogP contribution in [-0.4, -0.2) is 27.9 Å². The summed E-state index contributed by atoms with van der Waals surface area (Å²) in [6.45, 7) is 5.96. The fraction of sp³-hybridized carbons (Fsp3) is 0.571. The summed E-state index contributed by atoms with van der Waals surface area (Å²) in [6.07, 6.45) is 9.55. The molecule has 0 bridgehead atoms. The molecule has 0 amide bonds. The van der Waals surface area contributed by atoms with Crippen molar-refractivity contribution in [1.29, 1.82) is 0 Å². The van der Waals surface area contributed by atoms with Gasteiger partial charge in [-0.1, -0.05) is 25.2 Å².